The predicted octanol–water partition coefficient (Wildman–Crippen LogP) is 2.79. The Morgan fingerprint density at radius 3 is 2.71 bits per heavy atom. The van der Waals surface area contributed by atoms with Crippen molar-refractivity contribution in [2.75, 3.05) is 25.1 Å². The summed E-state index contributed by atoms with van der Waals surface area (Å²) in [6.45, 7) is 3.83. The molecule has 1 aromatic heterocycles. The lowest BCUT2D eigenvalue weighted by Crippen LogP contribution is -2.09. The Balaban J connectivity index is 2.21. The number of nitrogens with one attached hydrogen (secondary N) is 1. The Hall–Kier alpha value is -0.890. The number of ether oxygens (including phenoxy) is 1. The molecule has 0 fully saturated rings. The monoisotopic (exact) mass is 269 g/mol. The molecule has 0 atom stereocenters. The maximum absolute atomic E-state index is 12.2. The minimum absolute atomic E-state index is 0.188. The van der Waals surface area contributed by atoms with E-state index >= 15 is 0 Å². The molecular weight excluding hydrogens is 255 g/mol. The van der Waals surface area contributed by atoms with Gasteiger partial charge >= 0.3 is 6.18 Å². The maximum Gasteiger partial charge on any atom is 0.452 e. The summed E-state index contributed by atoms with van der Waals surface area (Å²) in [5.74, 6) is -1.09. The molecule has 98 valence electrons. The first kappa shape index (κ1) is 14.2. The predicted molar refractivity (Wildman–Crippen MR) is 59.1 cm³/mol. The van der Waals surface area contributed by atoms with Crippen LogP contribution in [0.25, 0.3) is 0 Å². The highest BCUT2D eigenvalue weighted by molar-refractivity contribution is 7.09. The van der Waals surface area contributed by atoms with Crippen molar-refractivity contribution in [3.8, 4) is 0 Å². The fraction of sp³-hybridized carbons (Fsp3) is 0.778. The number of alkyl halides is 3. The lowest BCUT2D eigenvalue weighted by atomic mass is 10.4. The van der Waals surface area contributed by atoms with Crippen LogP contribution in [0.3, 0.4) is 0 Å². The zero-order chi connectivity index (χ0) is 12.7. The third-order valence-electron chi connectivity index (χ3n) is 1.77. The fourth-order valence-corrected chi connectivity index (χ4v) is 1.64. The van der Waals surface area contributed by atoms with Crippen molar-refractivity contribution in [1.82, 2.24) is 9.36 Å². The van der Waals surface area contributed by atoms with Crippen molar-refractivity contribution in [2.24, 2.45) is 0 Å². The molecule has 17 heavy (non-hydrogen) atoms. The van der Waals surface area contributed by atoms with Gasteiger partial charge in [-0.2, -0.15) is 22.5 Å². The summed E-state index contributed by atoms with van der Waals surface area (Å²) in [6.07, 6.45) is -2.79. The lowest BCUT2D eigenvalue weighted by Gasteiger charge is -2.03. The second-order valence-electron chi connectivity index (χ2n) is 3.31. The van der Waals surface area contributed by atoms with Gasteiger partial charge in [0, 0.05) is 31.3 Å². The van der Waals surface area contributed by atoms with E-state index in [-0.39, 0.29) is 5.13 Å². The van der Waals surface area contributed by atoms with Gasteiger partial charge in [0.25, 0.3) is 0 Å². The number of aromatic nitrogens is 2. The van der Waals surface area contributed by atoms with Crippen LogP contribution in [0, 0.1) is 0 Å². The molecule has 0 saturated carbocycles. The van der Waals surface area contributed by atoms with Crippen LogP contribution in [0.15, 0.2) is 0 Å². The SMILES string of the molecule is CCCOCCCNc1nc(C(F)(F)F)ns1. The fourth-order valence-electron chi connectivity index (χ4n) is 1.03. The van der Waals surface area contributed by atoms with Gasteiger partial charge in [-0.25, -0.2) is 0 Å². The van der Waals surface area contributed by atoms with Gasteiger partial charge in [0.15, 0.2) is 0 Å². The van der Waals surface area contributed by atoms with Gasteiger partial charge in [-0.3, -0.25) is 0 Å². The molecule has 1 rings (SSSR count). The quantitative estimate of drug-likeness (QED) is 0.773. The first-order valence-electron chi connectivity index (χ1n) is 5.26. The number of halogens is 3. The van der Waals surface area contributed by atoms with E-state index in [9.17, 15) is 13.2 Å². The normalized spacial score (nSPS) is 11.8. The Labute approximate surface area is 101 Å². The largest absolute Gasteiger partial charge is 0.452 e. The second-order valence-corrected chi connectivity index (χ2v) is 4.07. The highest BCUT2D eigenvalue weighted by Gasteiger charge is 2.35. The van der Waals surface area contributed by atoms with Crippen LogP contribution in [0.2, 0.25) is 0 Å². The highest BCUT2D eigenvalue weighted by Crippen LogP contribution is 2.28. The summed E-state index contributed by atoms with van der Waals surface area (Å²) < 4.78 is 44.9. The maximum atomic E-state index is 12.2. The summed E-state index contributed by atoms with van der Waals surface area (Å²) >= 11 is 0.712. The molecule has 0 aliphatic heterocycles. The summed E-state index contributed by atoms with van der Waals surface area (Å²) in [5, 5.41) is 2.97. The standard InChI is InChI=1S/C9H14F3N3OS/c1-2-5-16-6-3-4-13-8-14-7(15-17-8)9(10,11)12/h2-6H2,1H3,(H,13,14,15). The summed E-state index contributed by atoms with van der Waals surface area (Å²) in [7, 11) is 0. The minimum atomic E-state index is -4.47. The van der Waals surface area contributed by atoms with Crippen LogP contribution in [0.1, 0.15) is 25.6 Å². The van der Waals surface area contributed by atoms with Crippen LogP contribution in [-0.2, 0) is 10.9 Å². The van der Waals surface area contributed by atoms with Gasteiger partial charge in [-0.05, 0) is 12.8 Å². The molecule has 0 amide bonds. The number of hydrogen-bond donors (Lipinski definition) is 1. The Bertz CT molecular complexity index is 330. The smallest absolute Gasteiger partial charge is 0.381 e. The van der Waals surface area contributed by atoms with Gasteiger partial charge in [0.05, 0.1) is 0 Å². The molecule has 0 bridgehead atoms. The molecule has 0 aliphatic rings. The molecule has 8 heteroatoms. The first-order chi connectivity index (χ1) is 8.04. The van der Waals surface area contributed by atoms with E-state index in [4.69, 9.17) is 4.74 Å². The van der Waals surface area contributed by atoms with Crippen LogP contribution in [-0.4, -0.2) is 29.1 Å². The van der Waals surface area contributed by atoms with Crippen molar-refractivity contribution >= 4 is 16.7 Å². The Morgan fingerprint density at radius 2 is 2.12 bits per heavy atom. The molecule has 0 aliphatic carbocycles. The number of anilines is 1. The summed E-state index contributed by atoms with van der Waals surface area (Å²) in [5.41, 5.74) is 0. The van der Waals surface area contributed by atoms with Crippen molar-refractivity contribution < 1.29 is 17.9 Å². The number of rotatable bonds is 7. The molecule has 0 spiro atoms. The second kappa shape index (κ2) is 6.75. The van der Waals surface area contributed by atoms with Crippen LogP contribution in [0.5, 0.6) is 0 Å². The van der Waals surface area contributed by atoms with Gasteiger partial charge in [-0.1, -0.05) is 6.92 Å². The molecule has 1 aromatic rings. The molecule has 0 saturated heterocycles. The highest BCUT2D eigenvalue weighted by atomic mass is 32.1. The third kappa shape index (κ3) is 5.31. The first-order valence-corrected chi connectivity index (χ1v) is 6.04. The van der Waals surface area contributed by atoms with Crippen LogP contribution >= 0.6 is 11.5 Å². The third-order valence-corrected chi connectivity index (χ3v) is 2.44. The molecule has 0 aromatic carbocycles. The van der Waals surface area contributed by atoms with E-state index in [2.05, 4.69) is 14.7 Å². The molecule has 0 radical (unpaired) electrons. The van der Waals surface area contributed by atoms with E-state index in [0.717, 1.165) is 12.8 Å². The van der Waals surface area contributed by atoms with Gasteiger partial charge in [0.2, 0.25) is 11.0 Å². The van der Waals surface area contributed by atoms with Gasteiger partial charge in [-0.15, -0.1) is 0 Å². The van der Waals surface area contributed by atoms with Gasteiger partial charge in [0.1, 0.15) is 0 Å². The molecule has 1 heterocycles. The molecular formula is C9H14F3N3OS. The number of nitrogens with zero attached hydrogens (tertiary/aromatic N) is 2. The Morgan fingerprint density at radius 1 is 1.35 bits per heavy atom. The zero-order valence-electron chi connectivity index (χ0n) is 9.38. The molecule has 1 N–H and O–H groups in total. The average molecular weight is 269 g/mol. The zero-order valence-corrected chi connectivity index (χ0v) is 10.2. The van der Waals surface area contributed by atoms with Gasteiger partial charge < -0.3 is 10.1 Å². The van der Waals surface area contributed by atoms with E-state index in [0.29, 0.717) is 31.3 Å². The Kier molecular flexibility index (Phi) is 5.63. The number of hydrogen-bond acceptors (Lipinski definition) is 5. The van der Waals surface area contributed by atoms with E-state index < -0.39 is 12.0 Å². The molecule has 4 nitrogen and oxygen atoms in total. The summed E-state index contributed by atoms with van der Waals surface area (Å²) in [6, 6.07) is 0. The van der Waals surface area contributed by atoms with Crippen molar-refractivity contribution in [2.45, 2.75) is 25.9 Å². The van der Waals surface area contributed by atoms with Crippen LogP contribution < -0.4 is 5.32 Å². The van der Waals surface area contributed by atoms with Crippen LogP contribution in [0.4, 0.5) is 18.3 Å². The molecule has 0 unspecified atom stereocenters. The van der Waals surface area contributed by atoms with E-state index in [1.54, 1.807) is 0 Å². The van der Waals surface area contributed by atoms with E-state index in [1.807, 2.05) is 6.92 Å². The topological polar surface area (TPSA) is 47.0 Å². The summed E-state index contributed by atoms with van der Waals surface area (Å²) in [4.78, 5) is 3.35. The average Bonchev–Trinajstić information content (AvgIpc) is 2.71. The van der Waals surface area contributed by atoms with E-state index in [1.165, 1.54) is 0 Å². The minimum Gasteiger partial charge on any atom is -0.381 e. The lowest BCUT2D eigenvalue weighted by molar-refractivity contribution is -0.144. The van der Waals surface area contributed by atoms with Crippen molar-refractivity contribution in [3.05, 3.63) is 5.82 Å². The van der Waals surface area contributed by atoms with Crippen molar-refractivity contribution in [1.29, 1.82) is 0 Å². The van der Waals surface area contributed by atoms with Crippen molar-refractivity contribution in [3.63, 3.8) is 0 Å².